The van der Waals surface area contributed by atoms with Crippen LogP contribution in [-0.2, 0) is 16.6 Å². The molecule has 2 aromatic carbocycles. The topological polar surface area (TPSA) is 66.9 Å². The summed E-state index contributed by atoms with van der Waals surface area (Å²) in [5.74, 6) is 0.0847. The molecule has 29 heavy (non-hydrogen) atoms. The lowest BCUT2D eigenvalue weighted by atomic mass is 10.1. The number of amides is 1. The van der Waals surface area contributed by atoms with Crippen LogP contribution in [0.3, 0.4) is 0 Å². The van der Waals surface area contributed by atoms with Crippen LogP contribution in [0.1, 0.15) is 40.7 Å². The van der Waals surface area contributed by atoms with Crippen molar-refractivity contribution < 1.29 is 17.9 Å². The molecule has 0 atom stereocenters. The summed E-state index contributed by atoms with van der Waals surface area (Å²) in [6.45, 7) is 3.47. The molecule has 3 rings (SSSR count). The van der Waals surface area contributed by atoms with E-state index in [4.69, 9.17) is 4.74 Å². The smallest absolute Gasteiger partial charge is 0.257 e. The van der Waals surface area contributed by atoms with E-state index >= 15 is 0 Å². The molecule has 0 spiro atoms. The van der Waals surface area contributed by atoms with Gasteiger partial charge in [0.05, 0.1) is 17.6 Å². The zero-order chi connectivity index (χ0) is 21.0. The number of aryl methyl sites for hydroxylation is 1. The summed E-state index contributed by atoms with van der Waals surface area (Å²) in [6.07, 6.45) is 2.77. The van der Waals surface area contributed by atoms with Crippen molar-refractivity contribution in [1.29, 1.82) is 0 Å². The summed E-state index contributed by atoms with van der Waals surface area (Å²) in [6, 6.07) is 12.5. The number of methoxy groups -OCH3 is 1. The number of carbonyl (C=O) groups excluding carboxylic acids is 1. The van der Waals surface area contributed by atoms with Crippen molar-refractivity contribution in [3.8, 4) is 5.75 Å². The lowest BCUT2D eigenvalue weighted by Gasteiger charge is -2.26. The molecule has 0 radical (unpaired) electrons. The van der Waals surface area contributed by atoms with Gasteiger partial charge in [-0.25, -0.2) is 8.42 Å². The number of benzene rings is 2. The summed E-state index contributed by atoms with van der Waals surface area (Å²) in [5.41, 5.74) is 2.41. The van der Waals surface area contributed by atoms with Gasteiger partial charge in [0.15, 0.2) is 0 Å². The van der Waals surface area contributed by atoms with Gasteiger partial charge < -0.3 is 9.64 Å². The van der Waals surface area contributed by atoms with Crippen LogP contribution < -0.4 is 4.74 Å². The molecule has 0 aromatic heterocycles. The Hall–Kier alpha value is -2.38. The van der Waals surface area contributed by atoms with Gasteiger partial charge in [0.25, 0.3) is 5.91 Å². The number of ether oxygens (including phenoxy) is 1. The van der Waals surface area contributed by atoms with Crippen LogP contribution in [0.4, 0.5) is 0 Å². The third-order valence-corrected chi connectivity index (χ3v) is 7.14. The fourth-order valence-electron chi connectivity index (χ4n) is 3.51. The molecule has 1 amide bonds. The molecular weight excluding hydrogens is 388 g/mol. The van der Waals surface area contributed by atoms with Crippen LogP contribution in [0.5, 0.6) is 5.75 Å². The fourth-order valence-corrected chi connectivity index (χ4v) is 5.06. The summed E-state index contributed by atoms with van der Waals surface area (Å²) in [7, 11) is -0.446. The summed E-state index contributed by atoms with van der Waals surface area (Å²) >= 11 is 0. The van der Waals surface area contributed by atoms with Gasteiger partial charge in [-0.2, -0.15) is 4.31 Å². The van der Waals surface area contributed by atoms with Crippen LogP contribution in [0.25, 0.3) is 0 Å². The third-order valence-electron chi connectivity index (χ3n) is 5.24. The highest BCUT2D eigenvalue weighted by atomic mass is 32.2. The number of hydrogen-bond donors (Lipinski definition) is 0. The Morgan fingerprint density at radius 2 is 1.72 bits per heavy atom. The van der Waals surface area contributed by atoms with Gasteiger partial charge in [-0.15, -0.1) is 0 Å². The highest BCUT2D eigenvalue weighted by Crippen LogP contribution is 2.27. The average molecular weight is 417 g/mol. The first kappa shape index (κ1) is 21.3. The normalized spacial score (nSPS) is 15.1. The standard InChI is InChI=1S/C22H28N2O4S/c1-17-7-9-18(10-8-17)16-23(2)22(25)20-15-19(11-12-21(20)28-3)29(26,27)24-13-5-4-6-14-24/h7-12,15H,4-6,13-14,16H2,1-3H3. The lowest BCUT2D eigenvalue weighted by Crippen LogP contribution is -2.35. The molecule has 1 aliphatic heterocycles. The van der Waals surface area contributed by atoms with Crippen molar-refractivity contribution in [3.63, 3.8) is 0 Å². The van der Waals surface area contributed by atoms with E-state index in [9.17, 15) is 13.2 Å². The maximum atomic E-state index is 13.1. The van der Waals surface area contributed by atoms with E-state index in [-0.39, 0.29) is 16.4 Å². The first-order valence-corrected chi connectivity index (χ1v) is 11.3. The highest BCUT2D eigenvalue weighted by molar-refractivity contribution is 7.89. The second-order valence-electron chi connectivity index (χ2n) is 7.47. The van der Waals surface area contributed by atoms with E-state index in [0.717, 1.165) is 30.4 Å². The third kappa shape index (κ3) is 4.79. The van der Waals surface area contributed by atoms with E-state index in [2.05, 4.69) is 0 Å². The van der Waals surface area contributed by atoms with E-state index in [1.165, 1.54) is 23.5 Å². The van der Waals surface area contributed by atoms with Crippen molar-refractivity contribution in [2.24, 2.45) is 0 Å². The molecule has 1 saturated heterocycles. The second kappa shape index (κ2) is 8.97. The number of piperidine rings is 1. The van der Waals surface area contributed by atoms with E-state index in [1.807, 2.05) is 31.2 Å². The molecule has 156 valence electrons. The van der Waals surface area contributed by atoms with Crippen molar-refractivity contribution in [1.82, 2.24) is 9.21 Å². The number of rotatable bonds is 6. The Morgan fingerprint density at radius 1 is 1.07 bits per heavy atom. The van der Waals surface area contributed by atoms with Gasteiger partial charge in [-0.1, -0.05) is 36.2 Å². The number of sulfonamides is 1. The Morgan fingerprint density at radius 3 is 2.34 bits per heavy atom. The molecular formula is C22H28N2O4S. The molecule has 6 nitrogen and oxygen atoms in total. The molecule has 0 aliphatic carbocycles. The van der Waals surface area contributed by atoms with Gasteiger partial charge in [0.2, 0.25) is 10.0 Å². The van der Waals surface area contributed by atoms with Crippen molar-refractivity contribution in [3.05, 3.63) is 59.2 Å². The predicted molar refractivity (Wildman–Crippen MR) is 113 cm³/mol. The number of nitrogens with zero attached hydrogens (tertiary/aromatic N) is 2. The van der Waals surface area contributed by atoms with Gasteiger partial charge in [0.1, 0.15) is 5.75 Å². The minimum Gasteiger partial charge on any atom is -0.496 e. The van der Waals surface area contributed by atoms with Gasteiger partial charge in [-0.3, -0.25) is 4.79 Å². The van der Waals surface area contributed by atoms with Crippen molar-refractivity contribution >= 4 is 15.9 Å². The summed E-state index contributed by atoms with van der Waals surface area (Å²) < 4.78 is 32.9. The highest BCUT2D eigenvalue weighted by Gasteiger charge is 2.28. The zero-order valence-electron chi connectivity index (χ0n) is 17.2. The molecule has 2 aromatic rings. The molecule has 0 bridgehead atoms. The summed E-state index contributed by atoms with van der Waals surface area (Å²) in [4.78, 5) is 14.8. The van der Waals surface area contributed by atoms with Crippen LogP contribution in [0.2, 0.25) is 0 Å². The van der Waals surface area contributed by atoms with Crippen LogP contribution >= 0.6 is 0 Å². The Bertz CT molecular complexity index is 965. The number of carbonyl (C=O) groups is 1. The van der Waals surface area contributed by atoms with Crippen LogP contribution in [0, 0.1) is 6.92 Å². The quantitative estimate of drug-likeness (QED) is 0.723. The van der Waals surface area contributed by atoms with Crippen LogP contribution in [0.15, 0.2) is 47.4 Å². The first-order valence-electron chi connectivity index (χ1n) is 9.82. The molecule has 0 saturated carbocycles. The molecule has 1 heterocycles. The maximum absolute atomic E-state index is 13.1. The zero-order valence-corrected chi connectivity index (χ0v) is 18.0. The molecule has 0 N–H and O–H groups in total. The SMILES string of the molecule is COc1ccc(S(=O)(=O)N2CCCCC2)cc1C(=O)N(C)Cc1ccc(C)cc1. The second-order valence-corrected chi connectivity index (χ2v) is 9.41. The van der Waals surface area contributed by atoms with E-state index in [1.54, 1.807) is 18.0 Å². The number of hydrogen-bond acceptors (Lipinski definition) is 4. The average Bonchev–Trinajstić information content (AvgIpc) is 2.74. The maximum Gasteiger partial charge on any atom is 0.257 e. The van der Waals surface area contributed by atoms with E-state index in [0.29, 0.717) is 25.4 Å². The first-order chi connectivity index (χ1) is 13.8. The molecule has 1 fully saturated rings. The minimum atomic E-state index is -3.63. The monoisotopic (exact) mass is 416 g/mol. The minimum absolute atomic E-state index is 0.132. The molecule has 0 unspecified atom stereocenters. The Kier molecular flexibility index (Phi) is 6.59. The van der Waals surface area contributed by atoms with Crippen molar-refractivity contribution in [2.75, 3.05) is 27.2 Å². The van der Waals surface area contributed by atoms with Gasteiger partial charge in [-0.05, 0) is 43.5 Å². The van der Waals surface area contributed by atoms with Gasteiger partial charge in [0, 0.05) is 26.7 Å². The Labute approximate surface area is 173 Å². The van der Waals surface area contributed by atoms with Crippen LogP contribution in [-0.4, -0.2) is 50.8 Å². The molecule has 7 heteroatoms. The molecule has 1 aliphatic rings. The summed E-state index contributed by atoms with van der Waals surface area (Å²) in [5, 5.41) is 0. The fraction of sp³-hybridized carbons (Fsp3) is 0.409. The van der Waals surface area contributed by atoms with Crippen molar-refractivity contribution in [2.45, 2.75) is 37.6 Å². The lowest BCUT2D eigenvalue weighted by molar-refractivity contribution is 0.0781. The largest absolute Gasteiger partial charge is 0.496 e. The van der Waals surface area contributed by atoms with Gasteiger partial charge >= 0.3 is 0 Å². The predicted octanol–water partition coefficient (Wildman–Crippen LogP) is 3.45. The Balaban J connectivity index is 1.87. The van der Waals surface area contributed by atoms with E-state index < -0.39 is 10.0 Å².